The zero-order chi connectivity index (χ0) is 22.2. The summed E-state index contributed by atoms with van der Waals surface area (Å²) in [6.07, 6.45) is 1.47. The van der Waals surface area contributed by atoms with E-state index in [0.717, 1.165) is 10.6 Å². The molecule has 0 atom stereocenters. The smallest absolute Gasteiger partial charge is 0.341 e. The molecule has 0 fully saturated rings. The molecule has 0 saturated carbocycles. The molecule has 0 saturated heterocycles. The van der Waals surface area contributed by atoms with Gasteiger partial charge in [-0.1, -0.05) is 30.3 Å². The van der Waals surface area contributed by atoms with E-state index in [1.165, 1.54) is 29.5 Å². The average molecular weight is 442 g/mol. The molecule has 0 radical (unpaired) electrons. The van der Waals surface area contributed by atoms with Crippen LogP contribution in [0.3, 0.4) is 0 Å². The molecule has 156 valence electrons. The Bertz CT molecular complexity index is 1470. The zero-order valence-electron chi connectivity index (χ0n) is 16.3. The second-order valence-electron chi connectivity index (χ2n) is 6.97. The highest BCUT2D eigenvalue weighted by Crippen LogP contribution is 2.34. The first-order chi connectivity index (χ1) is 15.5. The number of pyridine rings is 2. The van der Waals surface area contributed by atoms with Crippen molar-refractivity contribution in [3.63, 3.8) is 0 Å². The monoisotopic (exact) mass is 442 g/mol. The van der Waals surface area contributed by atoms with Crippen LogP contribution < -0.4 is 10.9 Å². The topological polar surface area (TPSA) is 125 Å². The molecule has 0 unspecified atom stereocenters. The third kappa shape index (κ3) is 3.50. The fourth-order valence-electron chi connectivity index (χ4n) is 3.34. The molecule has 3 N–H and O–H groups in total. The van der Waals surface area contributed by atoms with Crippen LogP contribution >= 0.6 is 11.3 Å². The van der Waals surface area contributed by atoms with E-state index in [9.17, 15) is 14.4 Å². The van der Waals surface area contributed by atoms with Crippen LogP contribution in [0.25, 0.3) is 33.6 Å². The van der Waals surface area contributed by atoms with Crippen molar-refractivity contribution in [1.29, 1.82) is 0 Å². The largest absolute Gasteiger partial charge is 0.477 e. The van der Waals surface area contributed by atoms with Crippen LogP contribution in [0.15, 0.2) is 64.8 Å². The van der Waals surface area contributed by atoms with Gasteiger partial charge in [-0.25, -0.2) is 14.8 Å². The van der Waals surface area contributed by atoms with Crippen molar-refractivity contribution >= 4 is 40.5 Å². The number of thiazole rings is 1. The highest BCUT2D eigenvalue weighted by Gasteiger charge is 2.27. The predicted molar refractivity (Wildman–Crippen MR) is 121 cm³/mol. The number of H-pyrrole nitrogens is 1. The van der Waals surface area contributed by atoms with Gasteiger partial charge in [-0.2, -0.15) is 0 Å². The number of carboxylic acid groups (broad SMARTS) is 1. The molecule has 9 heteroatoms. The van der Waals surface area contributed by atoms with Crippen LogP contribution in [0.2, 0.25) is 0 Å². The van der Waals surface area contributed by atoms with Crippen molar-refractivity contribution in [3.8, 4) is 22.0 Å². The summed E-state index contributed by atoms with van der Waals surface area (Å²) in [5.74, 6) is -1.69. The summed E-state index contributed by atoms with van der Waals surface area (Å²) in [6, 6.07) is 16.0. The highest BCUT2D eigenvalue weighted by molar-refractivity contribution is 7.13. The van der Waals surface area contributed by atoms with Gasteiger partial charge < -0.3 is 15.4 Å². The first-order valence-electron chi connectivity index (χ1n) is 9.52. The molecule has 1 amide bonds. The van der Waals surface area contributed by atoms with E-state index < -0.39 is 11.5 Å². The summed E-state index contributed by atoms with van der Waals surface area (Å²) in [5, 5.41) is 14.5. The molecule has 3 aromatic heterocycles. The van der Waals surface area contributed by atoms with E-state index in [1.807, 2.05) is 35.7 Å². The lowest BCUT2D eigenvalue weighted by atomic mass is 10.1. The van der Waals surface area contributed by atoms with Crippen LogP contribution in [-0.2, 0) is 4.79 Å². The van der Waals surface area contributed by atoms with Crippen molar-refractivity contribution in [2.75, 3.05) is 5.32 Å². The van der Waals surface area contributed by atoms with Crippen LogP contribution in [0.5, 0.6) is 0 Å². The molecule has 0 aliphatic carbocycles. The molecule has 5 rings (SSSR count). The summed E-state index contributed by atoms with van der Waals surface area (Å²) >= 11 is 1.50. The third-order valence-corrected chi connectivity index (χ3v) is 5.78. The fourth-order valence-corrected chi connectivity index (χ4v) is 4.16. The molecule has 0 bridgehead atoms. The maximum Gasteiger partial charge on any atom is 0.341 e. The predicted octanol–water partition coefficient (Wildman–Crippen LogP) is 3.75. The molecule has 1 aliphatic rings. The van der Waals surface area contributed by atoms with E-state index in [-0.39, 0.29) is 17.0 Å². The number of aromatic amines is 1. The zero-order valence-corrected chi connectivity index (χ0v) is 17.1. The number of fused-ring (bicyclic) bond motifs is 1. The minimum atomic E-state index is -1.32. The summed E-state index contributed by atoms with van der Waals surface area (Å²) in [6.45, 7) is 0. The number of benzene rings is 1. The molecule has 1 aliphatic heterocycles. The van der Waals surface area contributed by atoms with Gasteiger partial charge in [-0.05, 0) is 30.3 Å². The first kappa shape index (κ1) is 19.6. The van der Waals surface area contributed by atoms with E-state index in [4.69, 9.17) is 5.11 Å². The molecular formula is C23H14N4O4S. The normalized spacial score (nSPS) is 13.8. The van der Waals surface area contributed by atoms with Gasteiger partial charge in [0.2, 0.25) is 0 Å². The molecule has 32 heavy (non-hydrogen) atoms. The number of aromatic carboxylic acids is 1. The van der Waals surface area contributed by atoms with Crippen LogP contribution in [0.4, 0.5) is 5.69 Å². The Hall–Kier alpha value is -4.37. The second kappa shape index (κ2) is 7.71. The standard InChI is InChI=1S/C23H14N4O4S/c28-20-14(23(30)31)7-6-13(24-20)10-15-19-17(26-21(15)29)9-8-16(25-19)18-11-32-22(27-18)12-4-2-1-3-5-12/h1-11H,(H,24,28)(H,26,29)(H,30,31)/b15-10-. The summed E-state index contributed by atoms with van der Waals surface area (Å²) in [7, 11) is 0. The van der Waals surface area contributed by atoms with Gasteiger partial charge >= 0.3 is 5.97 Å². The number of rotatable bonds is 4. The van der Waals surface area contributed by atoms with E-state index in [2.05, 4.69) is 20.3 Å². The first-order valence-corrected chi connectivity index (χ1v) is 10.4. The van der Waals surface area contributed by atoms with Gasteiger partial charge in [-0.15, -0.1) is 11.3 Å². The van der Waals surface area contributed by atoms with Crippen LogP contribution in [0, 0.1) is 0 Å². The number of carboxylic acids is 1. The Labute approximate surface area is 184 Å². The minimum absolute atomic E-state index is 0.263. The Kier molecular flexibility index (Phi) is 4.72. The Morgan fingerprint density at radius 1 is 0.969 bits per heavy atom. The SMILES string of the molecule is O=C1Nc2ccc(-c3csc(-c4ccccc4)n3)nc2/C1=C/c1ccc(C(=O)O)c(=O)[nH]1. The Balaban J connectivity index is 1.52. The number of aromatic nitrogens is 3. The minimum Gasteiger partial charge on any atom is -0.477 e. The van der Waals surface area contributed by atoms with Crippen molar-refractivity contribution in [2.24, 2.45) is 0 Å². The molecule has 1 aromatic carbocycles. The van der Waals surface area contributed by atoms with Gasteiger partial charge in [0, 0.05) is 16.6 Å². The lowest BCUT2D eigenvalue weighted by Gasteiger charge is -2.02. The number of amides is 1. The van der Waals surface area contributed by atoms with Gasteiger partial charge in [-0.3, -0.25) is 9.59 Å². The number of hydrogen-bond acceptors (Lipinski definition) is 6. The van der Waals surface area contributed by atoms with Crippen molar-refractivity contribution in [3.05, 3.63) is 87.3 Å². The maximum atomic E-state index is 12.5. The second-order valence-corrected chi connectivity index (χ2v) is 7.83. The fraction of sp³-hybridized carbons (Fsp3) is 0. The molecule has 8 nitrogen and oxygen atoms in total. The van der Waals surface area contributed by atoms with Gasteiger partial charge in [0.05, 0.1) is 17.0 Å². The van der Waals surface area contributed by atoms with Crippen molar-refractivity contribution in [2.45, 2.75) is 0 Å². The lowest BCUT2D eigenvalue weighted by Crippen LogP contribution is -2.17. The Morgan fingerprint density at radius 2 is 1.78 bits per heavy atom. The summed E-state index contributed by atoms with van der Waals surface area (Å²) < 4.78 is 0. The van der Waals surface area contributed by atoms with Gasteiger partial charge in [0.25, 0.3) is 11.5 Å². The summed E-state index contributed by atoms with van der Waals surface area (Å²) in [4.78, 5) is 47.3. The van der Waals surface area contributed by atoms with Gasteiger partial charge in [0.15, 0.2) is 0 Å². The number of carbonyl (C=O) groups is 2. The maximum absolute atomic E-state index is 12.5. The quantitative estimate of drug-likeness (QED) is 0.414. The highest BCUT2D eigenvalue weighted by atomic mass is 32.1. The molecule has 4 heterocycles. The van der Waals surface area contributed by atoms with Crippen molar-refractivity contribution < 1.29 is 14.7 Å². The van der Waals surface area contributed by atoms with Gasteiger partial charge in [0.1, 0.15) is 22.0 Å². The van der Waals surface area contributed by atoms with Crippen LogP contribution in [0.1, 0.15) is 21.7 Å². The summed E-state index contributed by atoms with van der Waals surface area (Å²) in [5.41, 5.74) is 2.73. The number of nitrogens with one attached hydrogen (secondary N) is 2. The number of hydrogen-bond donors (Lipinski definition) is 3. The van der Waals surface area contributed by atoms with E-state index >= 15 is 0 Å². The molecule has 0 spiro atoms. The Morgan fingerprint density at radius 3 is 2.53 bits per heavy atom. The van der Waals surface area contributed by atoms with Crippen LogP contribution in [-0.4, -0.2) is 31.9 Å². The number of anilines is 1. The number of carbonyl (C=O) groups excluding carboxylic acids is 1. The third-order valence-electron chi connectivity index (χ3n) is 4.89. The molecule has 4 aromatic rings. The lowest BCUT2D eigenvalue weighted by molar-refractivity contribution is -0.110. The van der Waals surface area contributed by atoms with E-state index in [1.54, 1.807) is 12.1 Å². The van der Waals surface area contributed by atoms with E-state index in [0.29, 0.717) is 28.5 Å². The average Bonchev–Trinajstić information content (AvgIpc) is 3.39. The molecular weight excluding hydrogens is 428 g/mol. The number of nitrogens with zero attached hydrogens (tertiary/aromatic N) is 2. The van der Waals surface area contributed by atoms with Crippen molar-refractivity contribution in [1.82, 2.24) is 15.0 Å².